The highest BCUT2D eigenvalue weighted by Gasteiger charge is 2.19. The summed E-state index contributed by atoms with van der Waals surface area (Å²) in [5.41, 5.74) is 3.48. The molecule has 29 heavy (non-hydrogen) atoms. The van der Waals surface area contributed by atoms with E-state index in [1.54, 1.807) is 0 Å². The van der Waals surface area contributed by atoms with Crippen LogP contribution < -0.4 is 5.32 Å². The van der Waals surface area contributed by atoms with E-state index >= 15 is 0 Å². The third-order valence-corrected chi connectivity index (χ3v) is 5.62. The number of carbonyl (C=O) groups excluding carboxylic acids is 1. The van der Waals surface area contributed by atoms with Gasteiger partial charge in [0.1, 0.15) is 0 Å². The number of aryl methyl sites for hydroxylation is 1. The Bertz CT molecular complexity index is 617. The van der Waals surface area contributed by atoms with E-state index in [4.69, 9.17) is 0 Å². The van der Waals surface area contributed by atoms with E-state index in [0.717, 1.165) is 52.1 Å². The molecule has 1 aromatic carbocycles. The largest absolute Gasteiger partial charge is 0.355 e. The van der Waals surface area contributed by atoms with Crippen molar-refractivity contribution in [1.29, 1.82) is 0 Å². The fourth-order valence-corrected chi connectivity index (χ4v) is 3.53. The summed E-state index contributed by atoms with van der Waals surface area (Å²) in [6.07, 6.45) is 3.39. The van der Waals surface area contributed by atoms with Crippen LogP contribution in [0.15, 0.2) is 24.3 Å². The van der Waals surface area contributed by atoms with E-state index in [1.165, 1.54) is 17.5 Å². The Morgan fingerprint density at radius 3 is 1.90 bits per heavy atom. The third-order valence-electron chi connectivity index (χ3n) is 5.62. The molecule has 4 nitrogen and oxygen atoms in total. The van der Waals surface area contributed by atoms with Crippen molar-refractivity contribution in [2.24, 2.45) is 10.8 Å². The Kier molecular flexibility index (Phi) is 8.72. The van der Waals surface area contributed by atoms with E-state index in [9.17, 15) is 4.79 Å². The minimum Gasteiger partial charge on any atom is -0.355 e. The molecule has 1 aliphatic heterocycles. The van der Waals surface area contributed by atoms with Crippen molar-refractivity contribution >= 4 is 5.91 Å². The molecule has 1 heterocycles. The molecule has 1 N–H and O–H groups in total. The van der Waals surface area contributed by atoms with Gasteiger partial charge < -0.3 is 5.32 Å². The maximum Gasteiger partial charge on any atom is 0.234 e. The monoisotopic (exact) mass is 401 g/mol. The van der Waals surface area contributed by atoms with E-state index in [0.29, 0.717) is 12.0 Å². The van der Waals surface area contributed by atoms with Crippen molar-refractivity contribution in [3.63, 3.8) is 0 Å². The Morgan fingerprint density at radius 1 is 0.828 bits per heavy atom. The first-order valence-electron chi connectivity index (χ1n) is 11.3. The van der Waals surface area contributed by atoms with Crippen LogP contribution in [0.3, 0.4) is 0 Å². The summed E-state index contributed by atoms with van der Waals surface area (Å²) in [5, 5.41) is 3.07. The average Bonchev–Trinajstić information content (AvgIpc) is 2.61. The van der Waals surface area contributed by atoms with Gasteiger partial charge >= 0.3 is 0 Å². The molecule has 1 amide bonds. The third kappa shape index (κ3) is 10.3. The fourth-order valence-electron chi connectivity index (χ4n) is 3.53. The minimum atomic E-state index is 0.161. The maximum atomic E-state index is 12.2. The lowest BCUT2D eigenvalue weighted by Gasteiger charge is -2.34. The highest BCUT2D eigenvalue weighted by Crippen LogP contribution is 2.22. The Morgan fingerprint density at radius 2 is 1.34 bits per heavy atom. The van der Waals surface area contributed by atoms with Crippen LogP contribution in [-0.2, 0) is 17.8 Å². The Hall–Kier alpha value is -1.39. The molecular weight excluding hydrogens is 358 g/mol. The fraction of sp³-hybridized carbons (Fsp3) is 0.720. The first kappa shape index (κ1) is 23.9. The molecule has 0 unspecified atom stereocenters. The van der Waals surface area contributed by atoms with Crippen LogP contribution in [-0.4, -0.2) is 55.0 Å². The molecular formula is C25H43N3O. The van der Waals surface area contributed by atoms with Crippen LogP contribution in [0.5, 0.6) is 0 Å². The first-order chi connectivity index (χ1) is 13.5. The topological polar surface area (TPSA) is 35.6 Å². The molecule has 0 bridgehead atoms. The summed E-state index contributed by atoms with van der Waals surface area (Å²) in [5.74, 6) is 0.161. The van der Waals surface area contributed by atoms with E-state index in [1.807, 2.05) is 0 Å². The molecule has 1 aliphatic rings. The summed E-state index contributed by atoms with van der Waals surface area (Å²) < 4.78 is 0. The van der Waals surface area contributed by atoms with Gasteiger partial charge in [-0.3, -0.25) is 14.6 Å². The number of nitrogens with zero attached hydrogens (tertiary/aromatic N) is 2. The van der Waals surface area contributed by atoms with Crippen molar-refractivity contribution in [3.8, 4) is 0 Å². The maximum absolute atomic E-state index is 12.2. The van der Waals surface area contributed by atoms with Gasteiger partial charge in [0.15, 0.2) is 0 Å². The van der Waals surface area contributed by atoms with Crippen LogP contribution in [0, 0.1) is 10.8 Å². The lowest BCUT2D eigenvalue weighted by Crippen LogP contribution is -2.49. The number of hydrogen-bond donors (Lipinski definition) is 1. The highest BCUT2D eigenvalue weighted by atomic mass is 16.2. The second-order valence-corrected chi connectivity index (χ2v) is 11.1. The molecule has 1 fully saturated rings. The van der Waals surface area contributed by atoms with Crippen molar-refractivity contribution in [2.75, 3.05) is 39.3 Å². The second-order valence-electron chi connectivity index (χ2n) is 11.1. The highest BCUT2D eigenvalue weighted by molar-refractivity contribution is 5.77. The van der Waals surface area contributed by atoms with Crippen LogP contribution in [0.1, 0.15) is 65.5 Å². The molecule has 2 rings (SSSR count). The van der Waals surface area contributed by atoms with Gasteiger partial charge in [0.2, 0.25) is 5.91 Å². The number of benzene rings is 1. The van der Waals surface area contributed by atoms with Gasteiger partial charge in [0, 0.05) is 39.3 Å². The molecule has 0 spiro atoms. The number of piperazine rings is 1. The zero-order chi connectivity index (χ0) is 21.5. The van der Waals surface area contributed by atoms with Crippen molar-refractivity contribution in [2.45, 2.75) is 67.3 Å². The molecule has 0 aromatic heterocycles. The molecule has 0 aliphatic carbocycles. The molecule has 4 heteroatoms. The summed E-state index contributed by atoms with van der Waals surface area (Å²) in [6.45, 7) is 19.8. The van der Waals surface area contributed by atoms with E-state index in [2.05, 4.69) is 80.9 Å². The molecule has 0 radical (unpaired) electrons. The van der Waals surface area contributed by atoms with Gasteiger partial charge in [-0.25, -0.2) is 0 Å². The number of carbonyl (C=O) groups is 1. The van der Waals surface area contributed by atoms with Crippen molar-refractivity contribution < 1.29 is 4.79 Å². The Labute approximate surface area is 179 Å². The molecule has 0 saturated carbocycles. The first-order valence-corrected chi connectivity index (χ1v) is 11.3. The number of amides is 1. The molecule has 1 aromatic rings. The van der Waals surface area contributed by atoms with Gasteiger partial charge in [0.25, 0.3) is 0 Å². The minimum absolute atomic E-state index is 0.161. The number of nitrogens with one attached hydrogen (secondary N) is 1. The predicted octanol–water partition coefficient (Wildman–Crippen LogP) is 4.34. The van der Waals surface area contributed by atoms with Gasteiger partial charge in [-0.15, -0.1) is 0 Å². The van der Waals surface area contributed by atoms with Gasteiger partial charge in [-0.05, 0) is 41.2 Å². The standard InChI is InChI=1S/C25H43N3O/c1-24(2,3)12-11-21-7-9-22(10-8-21)19-27-15-17-28(18-16-27)20-23(29)26-14-13-25(4,5)6/h7-10H,11-20H2,1-6H3,(H,26,29). The number of hydrogen-bond acceptors (Lipinski definition) is 3. The summed E-state index contributed by atoms with van der Waals surface area (Å²) in [6, 6.07) is 9.15. The Balaban J connectivity index is 1.67. The summed E-state index contributed by atoms with van der Waals surface area (Å²) in [4.78, 5) is 16.9. The normalized spacial score (nSPS) is 16.8. The lowest BCUT2D eigenvalue weighted by molar-refractivity contribution is -0.122. The van der Waals surface area contributed by atoms with Gasteiger partial charge in [-0.2, -0.15) is 0 Å². The average molecular weight is 402 g/mol. The van der Waals surface area contributed by atoms with Crippen LogP contribution in [0.2, 0.25) is 0 Å². The summed E-state index contributed by atoms with van der Waals surface area (Å²) >= 11 is 0. The molecule has 164 valence electrons. The van der Waals surface area contributed by atoms with Gasteiger partial charge in [-0.1, -0.05) is 65.8 Å². The predicted molar refractivity (Wildman–Crippen MR) is 123 cm³/mol. The quantitative estimate of drug-likeness (QED) is 0.704. The van der Waals surface area contributed by atoms with Crippen LogP contribution in [0.4, 0.5) is 0 Å². The van der Waals surface area contributed by atoms with Crippen molar-refractivity contribution in [1.82, 2.24) is 15.1 Å². The zero-order valence-corrected chi connectivity index (χ0v) is 19.7. The van der Waals surface area contributed by atoms with E-state index in [-0.39, 0.29) is 11.3 Å². The van der Waals surface area contributed by atoms with Crippen LogP contribution in [0.25, 0.3) is 0 Å². The number of rotatable bonds is 8. The second kappa shape index (κ2) is 10.6. The molecule has 1 saturated heterocycles. The summed E-state index contributed by atoms with van der Waals surface area (Å²) in [7, 11) is 0. The van der Waals surface area contributed by atoms with Crippen LogP contribution >= 0.6 is 0 Å². The molecule has 0 atom stereocenters. The lowest BCUT2D eigenvalue weighted by atomic mass is 9.88. The van der Waals surface area contributed by atoms with Gasteiger partial charge in [0.05, 0.1) is 6.54 Å². The van der Waals surface area contributed by atoms with Crippen molar-refractivity contribution in [3.05, 3.63) is 35.4 Å². The van der Waals surface area contributed by atoms with E-state index < -0.39 is 0 Å². The SMILES string of the molecule is CC(C)(C)CCNC(=O)CN1CCN(Cc2ccc(CCC(C)(C)C)cc2)CC1. The zero-order valence-electron chi connectivity index (χ0n) is 19.7. The smallest absolute Gasteiger partial charge is 0.234 e.